The monoisotopic (exact) mass is 452 g/mol. The van der Waals surface area contributed by atoms with E-state index in [1.54, 1.807) is 0 Å². The first-order chi connectivity index (χ1) is 13.7. The first-order valence-electron chi connectivity index (χ1n) is 8.86. The molecule has 0 aliphatic carbocycles. The van der Waals surface area contributed by atoms with Crippen LogP contribution in [0, 0.1) is 0 Å². The van der Waals surface area contributed by atoms with Gasteiger partial charge in [0, 0.05) is 15.6 Å². The molecule has 0 atom stereocenters. The fraction of sp³-hybridized carbons (Fsp3) is 0.143. The second kappa shape index (κ2) is 8.67. The number of aromatic nitrogens is 4. The molecule has 0 unspecified atom stereocenters. The lowest BCUT2D eigenvalue weighted by molar-refractivity contribution is 0.391. The molecule has 140 valence electrons. The van der Waals surface area contributed by atoms with E-state index in [1.165, 1.54) is 17.3 Å². The van der Waals surface area contributed by atoms with E-state index >= 15 is 0 Å². The molecule has 0 amide bonds. The van der Waals surface area contributed by atoms with Crippen LogP contribution in [0.5, 0.6) is 0 Å². The third-order valence-corrected chi connectivity index (χ3v) is 5.82. The first-order valence-corrected chi connectivity index (χ1v) is 10.6. The maximum atomic E-state index is 5.36. The molecule has 0 saturated heterocycles. The van der Waals surface area contributed by atoms with Gasteiger partial charge in [-0.3, -0.25) is 0 Å². The predicted molar refractivity (Wildman–Crippen MR) is 114 cm³/mol. The zero-order valence-corrected chi connectivity index (χ0v) is 17.6. The first kappa shape index (κ1) is 18.8. The molecule has 0 saturated carbocycles. The normalized spacial score (nSPS) is 10.9. The number of rotatable bonds is 6. The van der Waals surface area contributed by atoms with Gasteiger partial charge in [0.25, 0.3) is 0 Å². The summed E-state index contributed by atoms with van der Waals surface area (Å²) in [5.74, 6) is 1.66. The molecule has 0 N–H and O–H groups in total. The lowest BCUT2D eigenvalue weighted by Gasteiger charge is -2.03. The zero-order valence-electron chi connectivity index (χ0n) is 15.2. The molecular weight excluding hydrogens is 436 g/mol. The van der Waals surface area contributed by atoms with Gasteiger partial charge in [-0.15, -0.1) is 10.2 Å². The molecule has 4 rings (SSSR count). The van der Waals surface area contributed by atoms with Crippen LogP contribution in [0.1, 0.15) is 18.4 Å². The average molecular weight is 453 g/mol. The highest BCUT2D eigenvalue weighted by atomic mass is 79.9. The molecule has 2 aromatic heterocycles. The predicted octanol–water partition coefficient (Wildman–Crippen LogP) is 5.81. The van der Waals surface area contributed by atoms with Gasteiger partial charge in [0.15, 0.2) is 0 Å². The topological polar surface area (TPSA) is 64.7 Å². The van der Waals surface area contributed by atoms with Gasteiger partial charge in [0.1, 0.15) is 5.03 Å². The largest absolute Gasteiger partial charge is 0.338 e. The fourth-order valence-corrected chi connectivity index (χ4v) is 3.78. The van der Waals surface area contributed by atoms with Crippen molar-refractivity contribution in [3.63, 3.8) is 0 Å². The molecular formula is C21H17BrN4OS. The van der Waals surface area contributed by atoms with Gasteiger partial charge in [-0.1, -0.05) is 76.2 Å². The molecule has 0 bridgehead atoms. The van der Waals surface area contributed by atoms with E-state index < -0.39 is 0 Å². The van der Waals surface area contributed by atoms with Crippen molar-refractivity contribution in [3.05, 3.63) is 76.6 Å². The number of hydrogen-bond donors (Lipinski definition) is 0. The summed E-state index contributed by atoms with van der Waals surface area (Å²) >= 11 is 5.02. The molecule has 4 aromatic rings. The number of aryl methyl sites for hydroxylation is 1. The Morgan fingerprint density at radius 3 is 2.50 bits per heavy atom. The van der Waals surface area contributed by atoms with Gasteiger partial charge in [0.2, 0.25) is 11.7 Å². The van der Waals surface area contributed by atoms with Gasteiger partial charge >= 0.3 is 0 Å². The van der Waals surface area contributed by atoms with Crippen molar-refractivity contribution in [2.45, 2.75) is 24.1 Å². The van der Waals surface area contributed by atoms with Crippen LogP contribution < -0.4 is 0 Å². The summed E-state index contributed by atoms with van der Waals surface area (Å²) < 4.78 is 6.29. The number of nitrogens with zero attached hydrogens (tertiary/aromatic N) is 4. The van der Waals surface area contributed by atoms with Gasteiger partial charge in [-0.25, -0.2) is 0 Å². The van der Waals surface area contributed by atoms with Crippen LogP contribution >= 0.6 is 27.7 Å². The average Bonchev–Trinajstić information content (AvgIpc) is 3.22. The highest BCUT2D eigenvalue weighted by Gasteiger charge is 2.12. The highest BCUT2D eigenvalue weighted by molar-refractivity contribution is 9.10. The summed E-state index contributed by atoms with van der Waals surface area (Å²) in [5, 5.41) is 13.5. The minimum absolute atomic E-state index is 0.538. The molecule has 28 heavy (non-hydrogen) atoms. The third kappa shape index (κ3) is 4.31. The number of thioether (sulfide) groups is 1. The summed E-state index contributed by atoms with van der Waals surface area (Å²) in [5.41, 5.74) is 4.14. The SMILES string of the molecule is CCc1ccc(-c2ccc(SCc3nc(-c4ccccc4Br)no3)nn2)cc1. The van der Waals surface area contributed by atoms with Crippen molar-refractivity contribution in [1.29, 1.82) is 0 Å². The lowest BCUT2D eigenvalue weighted by Crippen LogP contribution is -1.91. The molecule has 0 fully saturated rings. The lowest BCUT2D eigenvalue weighted by atomic mass is 10.1. The van der Waals surface area contributed by atoms with Crippen LogP contribution in [0.15, 0.2) is 74.7 Å². The Morgan fingerprint density at radius 1 is 0.964 bits per heavy atom. The number of benzene rings is 2. The Bertz CT molecular complexity index is 1060. The van der Waals surface area contributed by atoms with Crippen molar-refractivity contribution in [3.8, 4) is 22.6 Å². The summed E-state index contributed by atoms with van der Waals surface area (Å²) in [7, 11) is 0. The summed E-state index contributed by atoms with van der Waals surface area (Å²) in [6.45, 7) is 2.14. The van der Waals surface area contributed by atoms with Crippen molar-refractivity contribution in [2.24, 2.45) is 0 Å². The van der Waals surface area contributed by atoms with E-state index in [0.717, 1.165) is 32.7 Å². The molecule has 0 aliphatic heterocycles. The van der Waals surface area contributed by atoms with Gasteiger partial charge < -0.3 is 4.52 Å². The maximum absolute atomic E-state index is 5.36. The molecule has 0 spiro atoms. The minimum atomic E-state index is 0.538. The van der Waals surface area contributed by atoms with Gasteiger partial charge in [-0.05, 0) is 36.2 Å². The Morgan fingerprint density at radius 2 is 1.79 bits per heavy atom. The smallest absolute Gasteiger partial charge is 0.237 e. The van der Waals surface area contributed by atoms with Crippen molar-refractivity contribution >= 4 is 27.7 Å². The van der Waals surface area contributed by atoms with E-state index in [-0.39, 0.29) is 0 Å². The molecule has 0 radical (unpaired) electrons. The van der Waals surface area contributed by atoms with Crippen LogP contribution in [-0.4, -0.2) is 20.3 Å². The summed E-state index contributed by atoms with van der Waals surface area (Å²) in [6, 6.07) is 20.1. The molecule has 5 nitrogen and oxygen atoms in total. The number of hydrogen-bond acceptors (Lipinski definition) is 6. The Hall–Kier alpha value is -2.51. The van der Waals surface area contributed by atoms with Crippen LogP contribution in [0.25, 0.3) is 22.6 Å². The standard InChI is InChI=1S/C21H17BrN4OS/c1-2-14-7-9-15(10-8-14)18-11-12-20(25-24-18)28-13-19-23-21(26-27-19)16-5-3-4-6-17(16)22/h3-12H,2,13H2,1H3. The number of halogens is 1. The quantitative estimate of drug-likeness (QED) is 0.343. The van der Waals surface area contributed by atoms with E-state index in [0.29, 0.717) is 17.5 Å². The van der Waals surface area contributed by atoms with Crippen molar-refractivity contribution < 1.29 is 4.52 Å². The van der Waals surface area contributed by atoms with Crippen molar-refractivity contribution in [2.75, 3.05) is 0 Å². The van der Waals surface area contributed by atoms with Crippen LogP contribution in [0.3, 0.4) is 0 Å². The van der Waals surface area contributed by atoms with Gasteiger partial charge in [-0.2, -0.15) is 4.98 Å². The second-order valence-corrected chi connectivity index (χ2v) is 7.94. The van der Waals surface area contributed by atoms with E-state index in [9.17, 15) is 0 Å². The van der Waals surface area contributed by atoms with E-state index in [2.05, 4.69) is 67.5 Å². The summed E-state index contributed by atoms with van der Waals surface area (Å²) in [4.78, 5) is 4.46. The Kier molecular flexibility index (Phi) is 5.83. The van der Waals surface area contributed by atoms with Crippen LogP contribution in [0.2, 0.25) is 0 Å². The molecule has 7 heteroatoms. The van der Waals surface area contributed by atoms with Crippen molar-refractivity contribution in [1.82, 2.24) is 20.3 Å². The maximum Gasteiger partial charge on any atom is 0.237 e. The van der Waals surface area contributed by atoms with Crippen LogP contribution in [-0.2, 0) is 12.2 Å². The zero-order chi connectivity index (χ0) is 19.3. The van der Waals surface area contributed by atoms with E-state index in [4.69, 9.17) is 4.52 Å². The minimum Gasteiger partial charge on any atom is -0.338 e. The summed E-state index contributed by atoms with van der Waals surface area (Å²) in [6.07, 6.45) is 1.03. The Balaban J connectivity index is 1.41. The highest BCUT2D eigenvalue weighted by Crippen LogP contribution is 2.27. The molecule has 2 heterocycles. The van der Waals surface area contributed by atoms with E-state index in [1.807, 2.05) is 36.4 Å². The second-order valence-electron chi connectivity index (χ2n) is 6.09. The molecule has 2 aromatic carbocycles. The Labute approximate surface area is 175 Å². The fourth-order valence-electron chi connectivity index (χ4n) is 2.66. The molecule has 0 aliphatic rings. The van der Waals surface area contributed by atoms with Gasteiger partial charge in [0.05, 0.1) is 11.4 Å². The third-order valence-electron chi connectivity index (χ3n) is 4.22. The van der Waals surface area contributed by atoms with Crippen LogP contribution in [0.4, 0.5) is 0 Å².